The number of aryl methyl sites for hydroxylation is 1. The van der Waals surface area contributed by atoms with Crippen molar-refractivity contribution < 1.29 is 4.79 Å². The number of hydrogen-bond acceptors (Lipinski definition) is 5. The van der Waals surface area contributed by atoms with Crippen LogP contribution in [-0.2, 0) is 0 Å². The first-order chi connectivity index (χ1) is 12.5. The van der Waals surface area contributed by atoms with Gasteiger partial charge in [0.1, 0.15) is 6.33 Å². The first-order valence-corrected chi connectivity index (χ1v) is 8.83. The average Bonchev–Trinajstić information content (AvgIpc) is 3.10. The fourth-order valence-corrected chi connectivity index (χ4v) is 2.98. The molecule has 3 rings (SSSR count). The van der Waals surface area contributed by atoms with Gasteiger partial charge in [0.25, 0.3) is 5.95 Å². The monoisotopic (exact) mass is 435 g/mol. The van der Waals surface area contributed by atoms with Crippen molar-refractivity contribution in [1.29, 1.82) is 0 Å². The first-order valence-electron chi connectivity index (χ1n) is 7.66. The summed E-state index contributed by atoms with van der Waals surface area (Å²) in [6, 6.07) is 4.40. The maximum Gasteiger partial charge on any atom is 0.319 e. The highest BCUT2D eigenvalue weighted by atomic mass is 79.9. The molecular weight excluding hydrogens is 422 g/mol. The van der Waals surface area contributed by atoms with E-state index in [4.69, 9.17) is 11.6 Å². The van der Waals surface area contributed by atoms with Crippen LogP contribution in [0.5, 0.6) is 0 Å². The van der Waals surface area contributed by atoms with Crippen LogP contribution >= 0.6 is 27.5 Å². The lowest BCUT2D eigenvalue weighted by Gasteiger charge is -2.15. The van der Waals surface area contributed by atoms with E-state index in [1.165, 1.54) is 11.0 Å². The van der Waals surface area contributed by atoms with Crippen molar-refractivity contribution in [2.24, 2.45) is 0 Å². The van der Waals surface area contributed by atoms with E-state index in [2.05, 4.69) is 46.6 Å². The molecule has 2 N–H and O–H groups in total. The van der Waals surface area contributed by atoms with E-state index in [-0.39, 0.29) is 0 Å². The van der Waals surface area contributed by atoms with Gasteiger partial charge in [-0.3, -0.25) is 0 Å². The fourth-order valence-electron chi connectivity index (χ4n) is 2.26. The van der Waals surface area contributed by atoms with Gasteiger partial charge in [-0.05, 0) is 53.5 Å². The molecule has 3 aromatic rings. The molecule has 2 heterocycles. The Balaban J connectivity index is 1.73. The molecule has 134 valence electrons. The molecule has 10 heteroatoms. The van der Waals surface area contributed by atoms with Crippen LogP contribution in [0.3, 0.4) is 0 Å². The van der Waals surface area contributed by atoms with Crippen molar-refractivity contribution in [2.75, 3.05) is 5.32 Å². The van der Waals surface area contributed by atoms with Crippen molar-refractivity contribution in [3.63, 3.8) is 0 Å². The van der Waals surface area contributed by atoms with Gasteiger partial charge in [-0.1, -0.05) is 11.6 Å². The van der Waals surface area contributed by atoms with Crippen molar-refractivity contribution in [3.05, 3.63) is 57.8 Å². The largest absolute Gasteiger partial charge is 0.328 e. The molecule has 0 aliphatic carbocycles. The minimum absolute atomic E-state index is 0.377. The summed E-state index contributed by atoms with van der Waals surface area (Å²) in [5.74, 6) is 0.884. The Morgan fingerprint density at radius 3 is 2.73 bits per heavy atom. The molecule has 0 fully saturated rings. The number of benzene rings is 1. The van der Waals surface area contributed by atoms with E-state index < -0.39 is 12.1 Å². The number of nitrogens with one attached hydrogen (secondary N) is 2. The zero-order valence-corrected chi connectivity index (χ0v) is 16.3. The maximum atomic E-state index is 12.3. The molecule has 26 heavy (non-hydrogen) atoms. The molecule has 0 bridgehead atoms. The number of halogens is 2. The highest BCUT2D eigenvalue weighted by Gasteiger charge is 2.18. The van der Waals surface area contributed by atoms with Gasteiger partial charge in [0, 0.05) is 21.9 Å². The number of nitrogens with zero attached hydrogens (tertiary/aromatic N) is 5. The van der Waals surface area contributed by atoms with Crippen LogP contribution in [0.4, 0.5) is 10.5 Å². The molecule has 0 radical (unpaired) electrons. The number of urea groups is 1. The van der Waals surface area contributed by atoms with E-state index >= 15 is 0 Å². The topological polar surface area (TPSA) is 97.6 Å². The van der Waals surface area contributed by atoms with Crippen LogP contribution in [0.1, 0.15) is 24.4 Å². The van der Waals surface area contributed by atoms with Crippen LogP contribution in [-0.4, -0.2) is 30.8 Å². The van der Waals surface area contributed by atoms with Gasteiger partial charge < -0.3 is 10.6 Å². The maximum absolute atomic E-state index is 12.3. The van der Waals surface area contributed by atoms with Crippen molar-refractivity contribution in [2.45, 2.75) is 19.9 Å². The smallest absolute Gasteiger partial charge is 0.319 e. The van der Waals surface area contributed by atoms with Gasteiger partial charge in [-0.15, -0.1) is 0 Å². The minimum atomic E-state index is -0.430. The number of rotatable bonds is 4. The second kappa shape index (κ2) is 7.79. The van der Waals surface area contributed by atoms with Crippen LogP contribution in [0.25, 0.3) is 5.95 Å². The standard InChI is InChI=1S/C16H15BrClN7O/c1-9-6-11(17)13(7-12(9)18)24-16(26)23-10(2)14-21-8-22-25(14)15-19-4-3-5-20-15/h3-8,10H,1-2H3,(H2,23,24,26). The molecule has 2 aromatic heterocycles. The molecule has 1 unspecified atom stereocenters. The molecule has 0 saturated heterocycles. The third-order valence-corrected chi connectivity index (χ3v) is 4.61. The zero-order chi connectivity index (χ0) is 18.7. The van der Waals surface area contributed by atoms with Crippen molar-refractivity contribution >= 4 is 39.2 Å². The second-order valence-corrected chi connectivity index (χ2v) is 6.74. The summed E-state index contributed by atoms with van der Waals surface area (Å²) < 4.78 is 2.21. The van der Waals surface area contributed by atoms with Crippen LogP contribution in [0.15, 0.2) is 41.4 Å². The second-order valence-electron chi connectivity index (χ2n) is 5.48. The Labute approximate surface area is 163 Å². The first kappa shape index (κ1) is 18.3. The zero-order valence-electron chi connectivity index (χ0n) is 13.9. The highest BCUT2D eigenvalue weighted by Crippen LogP contribution is 2.29. The lowest BCUT2D eigenvalue weighted by atomic mass is 10.2. The predicted molar refractivity (Wildman–Crippen MR) is 101 cm³/mol. The number of carbonyl (C=O) groups is 1. The molecule has 8 nitrogen and oxygen atoms in total. The van der Waals surface area contributed by atoms with E-state index in [1.807, 2.05) is 13.0 Å². The van der Waals surface area contributed by atoms with Crippen LogP contribution in [0.2, 0.25) is 5.02 Å². The number of aromatic nitrogens is 5. The normalized spacial score (nSPS) is 11.8. The number of anilines is 1. The van der Waals surface area contributed by atoms with Gasteiger partial charge >= 0.3 is 6.03 Å². The SMILES string of the molecule is Cc1cc(Br)c(NC(=O)NC(C)c2ncnn2-c2ncccn2)cc1Cl. The summed E-state index contributed by atoms with van der Waals surface area (Å²) in [5.41, 5.74) is 1.48. The predicted octanol–water partition coefficient (Wildman–Crippen LogP) is 3.66. The molecule has 0 saturated carbocycles. The van der Waals surface area contributed by atoms with E-state index in [0.717, 1.165) is 10.0 Å². The Morgan fingerprint density at radius 1 is 1.27 bits per heavy atom. The Kier molecular flexibility index (Phi) is 5.48. The third-order valence-electron chi connectivity index (χ3n) is 3.55. The van der Waals surface area contributed by atoms with Crippen molar-refractivity contribution in [3.8, 4) is 5.95 Å². The molecule has 1 aromatic carbocycles. The molecule has 0 spiro atoms. The van der Waals surface area contributed by atoms with Gasteiger partial charge in [0.2, 0.25) is 0 Å². The fraction of sp³-hybridized carbons (Fsp3) is 0.188. The van der Waals surface area contributed by atoms with Crippen LogP contribution in [0, 0.1) is 6.92 Å². The number of hydrogen-bond donors (Lipinski definition) is 2. The number of carbonyl (C=O) groups excluding carboxylic acids is 1. The lowest BCUT2D eigenvalue weighted by molar-refractivity contribution is 0.248. The van der Waals surface area contributed by atoms with E-state index in [1.54, 1.807) is 31.5 Å². The van der Waals surface area contributed by atoms with Gasteiger partial charge in [0.05, 0.1) is 11.7 Å². The summed E-state index contributed by atoms with van der Waals surface area (Å²) in [4.78, 5) is 24.8. The average molecular weight is 437 g/mol. The quantitative estimate of drug-likeness (QED) is 0.650. The summed E-state index contributed by atoms with van der Waals surface area (Å²) in [7, 11) is 0. The van der Waals surface area contributed by atoms with E-state index in [9.17, 15) is 4.79 Å². The lowest BCUT2D eigenvalue weighted by Crippen LogP contribution is -2.32. The van der Waals surface area contributed by atoms with Gasteiger partial charge in [-0.25, -0.2) is 19.7 Å². The van der Waals surface area contributed by atoms with Crippen LogP contribution < -0.4 is 10.6 Å². The summed E-state index contributed by atoms with van der Waals surface area (Å²) in [6.07, 6.45) is 4.60. The Morgan fingerprint density at radius 2 is 2.00 bits per heavy atom. The molecule has 0 aliphatic rings. The summed E-state index contributed by atoms with van der Waals surface area (Å²) >= 11 is 9.53. The Hall–Kier alpha value is -2.52. The minimum Gasteiger partial charge on any atom is -0.328 e. The van der Waals surface area contributed by atoms with E-state index in [0.29, 0.717) is 22.5 Å². The summed E-state index contributed by atoms with van der Waals surface area (Å²) in [6.45, 7) is 3.68. The van der Waals surface area contributed by atoms with Gasteiger partial charge in [0.15, 0.2) is 5.82 Å². The molecule has 1 atom stereocenters. The van der Waals surface area contributed by atoms with Gasteiger partial charge in [-0.2, -0.15) is 9.78 Å². The molecule has 0 aliphatic heterocycles. The number of amides is 2. The Bertz CT molecular complexity index is 932. The molecule has 2 amide bonds. The highest BCUT2D eigenvalue weighted by molar-refractivity contribution is 9.10. The summed E-state index contributed by atoms with van der Waals surface area (Å²) in [5, 5.41) is 10.3. The third kappa shape index (κ3) is 4.00. The molecular formula is C16H15BrClN7O. The van der Waals surface area contributed by atoms with Crippen molar-refractivity contribution in [1.82, 2.24) is 30.0 Å².